The van der Waals surface area contributed by atoms with Crippen LogP contribution in [0.2, 0.25) is 0 Å². The summed E-state index contributed by atoms with van der Waals surface area (Å²) in [6, 6.07) is 12.6. The van der Waals surface area contributed by atoms with E-state index in [-0.39, 0.29) is 18.2 Å². The molecule has 1 aromatic carbocycles. The Kier molecular flexibility index (Phi) is 5.82. The van der Waals surface area contributed by atoms with Crippen molar-refractivity contribution >= 4 is 33.2 Å². The van der Waals surface area contributed by atoms with Crippen LogP contribution in [-0.2, 0) is 26.0 Å². The van der Waals surface area contributed by atoms with E-state index in [0.29, 0.717) is 43.4 Å². The molecule has 1 unspecified atom stereocenters. The molecule has 29 heavy (non-hydrogen) atoms. The zero-order chi connectivity index (χ0) is 20.4. The van der Waals surface area contributed by atoms with Gasteiger partial charge < -0.3 is 0 Å². The lowest BCUT2D eigenvalue weighted by atomic mass is 10.1. The quantitative estimate of drug-likeness (QED) is 0.644. The van der Waals surface area contributed by atoms with Crippen molar-refractivity contribution in [1.82, 2.24) is 14.1 Å². The molecule has 7 nitrogen and oxygen atoms in total. The van der Waals surface area contributed by atoms with Gasteiger partial charge in [-0.15, -0.1) is 11.3 Å². The second-order valence-corrected chi connectivity index (χ2v) is 10.3. The average Bonchev–Trinajstić information content (AvgIpc) is 3.37. The number of piperazine rings is 1. The first-order valence-electron chi connectivity index (χ1n) is 9.62. The molecule has 154 valence electrons. The van der Waals surface area contributed by atoms with E-state index in [9.17, 15) is 18.0 Å². The molecule has 0 bridgehead atoms. The van der Waals surface area contributed by atoms with Gasteiger partial charge in [-0.2, -0.15) is 4.31 Å². The molecule has 2 aliphatic heterocycles. The maximum Gasteiger partial charge on any atom is 0.252 e. The Hall–Kier alpha value is -2.07. The fraction of sp³-hybridized carbons (Fsp3) is 0.400. The molecular weight excluding hydrogens is 410 g/mol. The van der Waals surface area contributed by atoms with Crippen LogP contribution in [0.1, 0.15) is 12.0 Å². The third-order valence-electron chi connectivity index (χ3n) is 5.49. The Morgan fingerprint density at radius 3 is 2.34 bits per heavy atom. The van der Waals surface area contributed by atoms with Crippen LogP contribution in [0.4, 0.5) is 0 Å². The number of likely N-dealkylation sites (tertiary alicyclic amines) is 1. The van der Waals surface area contributed by atoms with E-state index in [1.165, 1.54) is 20.5 Å². The normalized spacial score (nSPS) is 21.8. The van der Waals surface area contributed by atoms with Crippen LogP contribution in [-0.4, -0.2) is 73.1 Å². The largest absolute Gasteiger partial charge is 0.289 e. The predicted octanol–water partition coefficient (Wildman–Crippen LogP) is 1.42. The molecule has 2 saturated heterocycles. The van der Waals surface area contributed by atoms with Gasteiger partial charge in [0.15, 0.2) is 0 Å². The number of nitrogens with zero attached hydrogens (tertiary/aromatic N) is 3. The van der Waals surface area contributed by atoms with Crippen LogP contribution in [0.5, 0.6) is 0 Å². The molecule has 2 amide bonds. The highest BCUT2D eigenvalue weighted by Crippen LogP contribution is 2.25. The molecule has 0 saturated carbocycles. The molecule has 1 aromatic heterocycles. The van der Waals surface area contributed by atoms with Gasteiger partial charge in [0.2, 0.25) is 11.8 Å². The van der Waals surface area contributed by atoms with Crippen molar-refractivity contribution < 1.29 is 18.0 Å². The Balaban J connectivity index is 1.35. The number of rotatable bonds is 6. The van der Waals surface area contributed by atoms with E-state index >= 15 is 0 Å². The molecule has 3 heterocycles. The van der Waals surface area contributed by atoms with Gasteiger partial charge in [-0.05, 0) is 23.4 Å². The fourth-order valence-electron chi connectivity index (χ4n) is 3.86. The molecule has 0 aliphatic carbocycles. The zero-order valence-electron chi connectivity index (χ0n) is 15.9. The van der Waals surface area contributed by atoms with Gasteiger partial charge in [0.05, 0.1) is 12.5 Å². The maximum atomic E-state index is 12.8. The number of benzene rings is 1. The molecule has 0 spiro atoms. The first-order valence-corrected chi connectivity index (χ1v) is 11.9. The highest BCUT2D eigenvalue weighted by Gasteiger charge is 2.43. The number of imide groups is 1. The van der Waals surface area contributed by atoms with E-state index in [0.717, 1.165) is 5.56 Å². The van der Waals surface area contributed by atoms with Crippen molar-refractivity contribution in [3.05, 3.63) is 53.4 Å². The summed E-state index contributed by atoms with van der Waals surface area (Å²) in [5, 5.41) is 1.75. The average molecular weight is 434 g/mol. The standard InChI is InChI=1S/C20H23N3O4S2/c24-18-15-17(20(25)23(18)9-8-16-5-2-1-3-6-16)21-10-12-22(13-11-21)29(26,27)19-7-4-14-28-19/h1-7,14,17H,8-13,15H2. The van der Waals surface area contributed by atoms with Crippen LogP contribution >= 0.6 is 11.3 Å². The summed E-state index contributed by atoms with van der Waals surface area (Å²) in [6.45, 7) is 1.91. The van der Waals surface area contributed by atoms with Crippen molar-refractivity contribution in [1.29, 1.82) is 0 Å². The number of carbonyl (C=O) groups is 2. The maximum absolute atomic E-state index is 12.8. The summed E-state index contributed by atoms with van der Waals surface area (Å²) >= 11 is 1.21. The summed E-state index contributed by atoms with van der Waals surface area (Å²) in [5.74, 6) is -0.315. The fourth-order valence-corrected chi connectivity index (χ4v) is 6.43. The lowest BCUT2D eigenvalue weighted by molar-refractivity contribution is -0.139. The minimum atomic E-state index is -3.48. The van der Waals surface area contributed by atoms with Gasteiger partial charge in [-0.25, -0.2) is 8.42 Å². The first-order chi connectivity index (χ1) is 14.0. The summed E-state index contributed by atoms with van der Waals surface area (Å²) in [6.07, 6.45) is 0.809. The lowest BCUT2D eigenvalue weighted by Gasteiger charge is -2.36. The van der Waals surface area contributed by atoms with Gasteiger partial charge in [-0.3, -0.25) is 19.4 Å². The highest BCUT2D eigenvalue weighted by atomic mass is 32.2. The number of amides is 2. The van der Waals surface area contributed by atoms with E-state index in [1.807, 2.05) is 35.2 Å². The lowest BCUT2D eigenvalue weighted by Crippen LogP contribution is -2.53. The van der Waals surface area contributed by atoms with Crippen LogP contribution in [0.25, 0.3) is 0 Å². The SMILES string of the molecule is O=C1CC(N2CCN(S(=O)(=O)c3cccs3)CC2)C(=O)N1CCc1ccccc1. The van der Waals surface area contributed by atoms with Crippen molar-refractivity contribution in [3.63, 3.8) is 0 Å². The van der Waals surface area contributed by atoms with Crippen LogP contribution in [0.3, 0.4) is 0 Å². The molecule has 0 N–H and O–H groups in total. The Morgan fingerprint density at radius 2 is 1.69 bits per heavy atom. The summed E-state index contributed by atoms with van der Waals surface area (Å²) < 4.78 is 27.1. The second kappa shape index (κ2) is 8.35. The Morgan fingerprint density at radius 1 is 0.966 bits per heavy atom. The molecule has 9 heteroatoms. The van der Waals surface area contributed by atoms with Crippen molar-refractivity contribution in [2.24, 2.45) is 0 Å². The molecule has 2 aromatic rings. The van der Waals surface area contributed by atoms with Crippen LogP contribution in [0, 0.1) is 0 Å². The van der Waals surface area contributed by atoms with E-state index in [1.54, 1.807) is 17.5 Å². The van der Waals surface area contributed by atoms with Gasteiger partial charge >= 0.3 is 0 Å². The monoisotopic (exact) mass is 433 g/mol. The van der Waals surface area contributed by atoms with Gasteiger partial charge in [0.1, 0.15) is 4.21 Å². The Bertz CT molecular complexity index is 968. The first kappa shape index (κ1) is 20.2. The van der Waals surface area contributed by atoms with Crippen molar-refractivity contribution in [3.8, 4) is 0 Å². The topological polar surface area (TPSA) is 78.0 Å². The van der Waals surface area contributed by atoms with E-state index in [2.05, 4.69) is 0 Å². The van der Waals surface area contributed by atoms with Crippen molar-refractivity contribution in [2.75, 3.05) is 32.7 Å². The smallest absolute Gasteiger partial charge is 0.252 e. The molecule has 0 radical (unpaired) electrons. The number of hydrogen-bond acceptors (Lipinski definition) is 6. The Labute approximate surface area is 174 Å². The minimum Gasteiger partial charge on any atom is -0.289 e. The molecule has 2 aliphatic rings. The number of carbonyl (C=O) groups excluding carboxylic acids is 2. The molecule has 2 fully saturated rings. The summed E-state index contributed by atoms with van der Waals surface area (Å²) in [5.41, 5.74) is 1.09. The third kappa shape index (κ3) is 4.13. The molecule has 1 atom stereocenters. The van der Waals surface area contributed by atoms with Gasteiger partial charge in [-0.1, -0.05) is 36.4 Å². The van der Waals surface area contributed by atoms with Crippen LogP contribution in [0.15, 0.2) is 52.1 Å². The number of hydrogen-bond donors (Lipinski definition) is 0. The van der Waals surface area contributed by atoms with E-state index in [4.69, 9.17) is 0 Å². The van der Waals surface area contributed by atoms with Crippen molar-refractivity contribution in [2.45, 2.75) is 23.1 Å². The molecular formula is C20H23N3O4S2. The number of sulfonamides is 1. The van der Waals surface area contributed by atoms with Crippen LogP contribution < -0.4 is 0 Å². The summed E-state index contributed by atoms with van der Waals surface area (Å²) in [7, 11) is -3.48. The highest BCUT2D eigenvalue weighted by molar-refractivity contribution is 7.91. The number of thiophene rings is 1. The second-order valence-electron chi connectivity index (χ2n) is 7.21. The minimum absolute atomic E-state index is 0.149. The van der Waals surface area contributed by atoms with Gasteiger partial charge in [0.25, 0.3) is 10.0 Å². The predicted molar refractivity (Wildman–Crippen MR) is 110 cm³/mol. The third-order valence-corrected chi connectivity index (χ3v) is 8.76. The molecule has 4 rings (SSSR count). The zero-order valence-corrected chi connectivity index (χ0v) is 17.6. The summed E-state index contributed by atoms with van der Waals surface area (Å²) in [4.78, 5) is 28.5. The van der Waals surface area contributed by atoms with E-state index < -0.39 is 16.1 Å². The van der Waals surface area contributed by atoms with Gasteiger partial charge in [0, 0.05) is 32.7 Å².